The van der Waals surface area contributed by atoms with Gasteiger partial charge in [0.05, 0.1) is 52.4 Å². The lowest BCUT2D eigenvalue weighted by molar-refractivity contribution is -0.0912. The number of aromatic nitrogens is 4. The van der Waals surface area contributed by atoms with Gasteiger partial charge >= 0.3 is 0 Å². The van der Waals surface area contributed by atoms with Gasteiger partial charge in [-0.25, -0.2) is 19.6 Å². The second-order valence-electron chi connectivity index (χ2n) is 14.8. The molecule has 3 heterocycles. The molecule has 1 unspecified atom stereocenters. The molecule has 0 saturated carbocycles. The summed E-state index contributed by atoms with van der Waals surface area (Å²) in [6, 6.07) is 28.3. The summed E-state index contributed by atoms with van der Waals surface area (Å²) >= 11 is 0. The van der Waals surface area contributed by atoms with Crippen LogP contribution in [0.5, 0.6) is 11.5 Å². The van der Waals surface area contributed by atoms with E-state index in [0.29, 0.717) is 23.4 Å². The molecule has 1 fully saturated rings. The van der Waals surface area contributed by atoms with Crippen molar-refractivity contribution in [1.29, 1.82) is 5.26 Å². The Bertz CT molecular complexity index is 2120. The van der Waals surface area contributed by atoms with Gasteiger partial charge in [-0.2, -0.15) is 10.3 Å². The Morgan fingerprint density at radius 3 is 2.10 bits per heavy atom. The third-order valence-corrected chi connectivity index (χ3v) is 12.2. The summed E-state index contributed by atoms with van der Waals surface area (Å²) in [5, 5.41) is 9.41. The summed E-state index contributed by atoms with van der Waals surface area (Å²) in [5.74, 6) is 2.07. The molecule has 2 aromatic heterocycles. The third-order valence-electron chi connectivity index (χ3n) is 10.0. The van der Waals surface area contributed by atoms with Crippen LogP contribution in [0, 0.1) is 11.3 Å². The lowest BCUT2D eigenvalue weighted by Gasteiger charge is -2.39. The van der Waals surface area contributed by atoms with E-state index in [0.717, 1.165) is 28.2 Å². The Morgan fingerprint density at radius 1 is 0.932 bits per heavy atom. The van der Waals surface area contributed by atoms with Crippen LogP contribution in [-0.4, -0.2) is 101 Å². The monoisotopic (exact) mass is 823 g/mol. The first-order valence-corrected chi connectivity index (χ1v) is 20.7. The van der Waals surface area contributed by atoms with Crippen LogP contribution in [0.15, 0.2) is 96.5 Å². The second-order valence-corrected chi connectivity index (χ2v) is 16.2. The Balaban J connectivity index is 1.44. The molecule has 1 saturated heterocycles. The molecule has 5 aromatic rings. The molecule has 0 amide bonds. The number of guanidine groups is 1. The molecule has 312 valence electrons. The minimum Gasteiger partial charge on any atom is -0.497 e. The Hall–Kier alpha value is -5.20. The van der Waals surface area contributed by atoms with E-state index in [-0.39, 0.29) is 37.7 Å². The highest BCUT2D eigenvalue weighted by molar-refractivity contribution is 7.44. The standard InChI is InChI=1S/C43H54N9O6P/c1-29(2)52(30(3)4)59(56-24-12-23-44)58-36-25-38(51-28-48-39-40(46-27-47-41(39)51)49-42(45)50(5)6)57-37(36)26-55-43(31-13-10-9-11-14-31,32-15-19-34(53-7)20-16-32)33-17-21-35(54-8)22-18-33/h9-11,13-22,27-30,36-38H,12,24-26H2,1-8H3,(H2,45,46,47,49)/t36-,37-,38-,59?/m1/s1. The summed E-state index contributed by atoms with van der Waals surface area (Å²) in [4.78, 5) is 19.8. The van der Waals surface area contributed by atoms with E-state index in [1.165, 1.54) is 6.33 Å². The Labute approximate surface area is 347 Å². The highest BCUT2D eigenvalue weighted by Gasteiger charge is 2.45. The number of fused-ring (bicyclic) bond motifs is 1. The predicted octanol–water partition coefficient (Wildman–Crippen LogP) is 7.31. The average Bonchev–Trinajstić information content (AvgIpc) is 3.86. The SMILES string of the molecule is COc1ccc(C(OC[C@H]2O[C@@H](n3cnc4c(/N=C(/N)N(C)C)ncnc43)C[C@H]2OP(OCCC#N)N(C(C)C)C(C)C)(c2ccccc2)c2ccc(OC)cc2)cc1. The van der Waals surface area contributed by atoms with Gasteiger partial charge in [-0.15, -0.1) is 0 Å². The number of methoxy groups -OCH3 is 2. The lowest BCUT2D eigenvalue weighted by Crippen LogP contribution is -2.39. The van der Waals surface area contributed by atoms with Crippen LogP contribution >= 0.6 is 8.53 Å². The van der Waals surface area contributed by atoms with Gasteiger partial charge in [0, 0.05) is 32.6 Å². The van der Waals surface area contributed by atoms with Crippen molar-refractivity contribution in [2.24, 2.45) is 10.7 Å². The number of nitrogens with two attached hydrogens (primary N) is 1. The van der Waals surface area contributed by atoms with Gasteiger partial charge < -0.3 is 38.6 Å². The van der Waals surface area contributed by atoms with Crippen LogP contribution in [0.25, 0.3) is 11.2 Å². The first-order valence-electron chi connectivity index (χ1n) is 19.6. The van der Waals surface area contributed by atoms with E-state index in [9.17, 15) is 5.26 Å². The molecule has 0 radical (unpaired) electrons. The highest BCUT2D eigenvalue weighted by atomic mass is 31.2. The van der Waals surface area contributed by atoms with E-state index in [1.807, 2.05) is 71.3 Å². The van der Waals surface area contributed by atoms with Crippen molar-refractivity contribution in [2.75, 3.05) is 41.5 Å². The number of nitriles is 1. The molecule has 4 atom stereocenters. The maximum atomic E-state index is 9.41. The second kappa shape index (κ2) is 19.7. The maximum Gasteiger partial charge on any atom is 0.259 e. The zero-order valence-corrected chi connectivity index (χ0v) is 35.8. The van der Waals surface area contributed by atoms with Gasteiger partial charge in [0.15, 0.2) is 22.9 Å². The molecule has 3 aromatic carbocycles. The normalized spacial score (nSPS) is 17.8. The van der Waals surface area contributed by atoms with Crippen molar-refractivity contribution in [3.05, 3.63) is 108 Å². The summed E-state index contributed by atoms with van der Waals surface area (Å²) in [5.41, 5.74) is 8.76. The van der Waals surface area contributed by atoms with Crippen molar-refractivity contribution >= 4 is 31.5 Å². The molecule has 15 nitrogen and oxygen atoms in total. The van der Waals surface area contributed by atoms with Crippen LogP contribution < -0.4 is 15.2 Å². The topological polar surface area (TPSA) is 168 Å². The van der Waals surface area contributed by atoms with E-state index in [4.69, 9.17) is 33.7 Å². The zero-order valence-electron chi connectivity index (χ0n) is 34.9. The largest absolute Gasteiger partial charge is 0.497 e. The van der Waals surface area contributed by atoms with Gasteiger partial charge in [-0.1, -0.05) is 54.6 Å². The van der Waals surface area contributed by atoms with Gasteiger partial charge in [0.1, 0.15) is 35.8 Å². The number of hydrogen-bond donors (Lipinski definition) is 1. The number of rotatable bonds is 18. The van der Waals surface area contributed by atoms with Crippen LogP contribution in [0.1, 0.15) is 63.5 Å². The molecule has 1 aliphatic rings. The molecule has 1 aliphatic heterocycles. The average molecular weight is 824 g/mol. The fraction of sp³-hybridized carbons (Fsp3) is 0.419. The molecule has 59 heavy (non-hydrogen) atoms. The van der Waals surface area contributed by atoms with E-state index in [2.05, 4.69) is 70.5 Å². The van der Waals surface area contributed by atoms with Gasteiger partial charge in [0.2, 0.25) is 0 Å². The summed E-state index contributed by atoms with van der Waals surface area (Å²) in [7, 11) is 5.27. The van der Waals surface area contributed by atoms with Crippen LogP contribution in [0.4, 0.5) is 5.82 Å². The lowest BCUT2D eigenvalue weighted by atomic mass is 9.80. The Morgan fingerprint density at radius 2 is 1.54 bits per heavy atom. The Kier molecular flexibility index (Phi) is 14.5. The fourth-order valence-electron chi connectivity index (χ4n) is 7.16. The van der Waals surface area contributed by atoms with E-state index >= 15 is 0 Å². The summed E-state index contributed by atoms with van der Waals surface area (Å²) < 4.78 is 43.0. The smallest absolute Gasteiger partial charge is 0.259 e. The van der Waals surface area contributed by atoms with E-state index in [1.54, 1.807) is 39.5 Å². The molecule has 6 rings (SSSR count). The van der Waals surface area contributed by atoms with Gasteiger partial charge in [0.25, 0.3) is 8.53 Å². The third kappa shape index (κ3) is 9.65. The van der Waals surface area contributed by atoms with E-state index < -0.39 is 32.6 Å². The van der Waals surface area contributed by atoms with Crippen LogP contribution in [0.3, 0.4) is 0 Å². The number of aliphatic imine (C=N–C) groups is 1. The highest BCUT2D eigenvalue weighted by Crippen LogP contribution is 2.51. The zero-order chi connectivity index (χ0) is 42.1. The fourth-order valence-corrected chi connectivity index (χ4v) is 8.92. The summed E-state index contributed by atoms with van der Waals surface area (Å²) in [6.45, 7) is 8.78. The molecule has 0 spiro atoms. The maximum absolute atomic E-state index is 9.41. The molecule has 0 aliphatic carbocycles. The number of benzene rings is 3. The number of nitrogens with zero attached hydrogens (tertiary/aromatic N) is 8. The summed E-state index contributed by atoms with van der Waals surface area (Å²) in [6.07, 6.45) is 2.08. The number of imidazole rings is 1. The quantitative estimate of drug-likeness (QED) is 0.0308. The first-order chi connectivity index (χ1) is 28.5. The molecular formula is C43H54N9O6P. The van der Waals surface area contributed by atoms with Gasteiger partial charge in [-0.05, 0) is 68.7 Å². The van der Waals surface area contributed by atoms with Crippen molar-refractivity contribution in [2.45, 2.75) is 76.7 Å². The number of ether oxygens (including phenoxy) is 4. The van der Waals surface area contributed by atoms with Crippen molar-refractivity contribution in [1.82, 2.24) is 29.1 Å². The van der Waals surface area contributed by atoms with Crippen molar-refractivity contribution in [3.63, 3.8) is 0 Å². The van der Waals surface area contributed by atoms with Crippen LogP contribution in [-0.2, 0) is 24.1 Å². The van der Waals surface area contributed by atoms with Crippen LogP contribution in [0.2, 0.25) is 0 Å². The number of hydrogen-bond acceptors (Lipinski definition) is 12. The predicted molar refractivity (Wildman–Crippen MR) is 227 cm³/mol. The molecule has 16 heteroatoms. The molecule has 0 bridgehead atoms. The minimum absolute atomic E-state index is 0.0924. The molecule has 2 N–H and O–H groups in total. The van der Waals surface area contributed by atoms with Crippen molar-refractivity contribution in [3.8, 4) is 17.6 Å². The minimum atomic E-state index is -1.63. The molecular weight excluding hydrogens is 770 g/mol. The van der Waals surface area contributed by atoms with Crippen molar-refractivity contribution < 1.29 is 28.0 Å². The van der Waals surface area contributed by atoms with Gasteiger partial charge in [-0.3, -0.25) is 4.57 Å². The first kappa shape index (κ1) is 43.4.